The van der Waals surface area contributed by atoms with Crippen LogP contribution < -0.4 is 9.80 Å². The van der Waals surface area contributed by atoms with Crippen LogP contribution in [0.4, 0.5) is 11.4 Å². The maximum Gasteiger partial charge on any atom is 0.269 e. The van der Waals surface area contributed by atoms with Gasteiger partial charge in [0.25, 0.3) is 5.91 Å². The number of hydrogen-bond acceptors (Lipinski definition) is 4. The molecule has 0 aliphatic carbocycles. The van der Waals surface area contributed by atoms with E-state index in [-0.39, 0.29) is 17.6 Å². The van der Waals surface area contributed by atoms with Gasteiger partial charge in [0.1, 0.15) is 0 Å². The number of likely N-dealkylation sites (tertiary alicyclic amines) is 1. The van der Waals surface area contributed by atoms with Gasteiger partial charge < -0.3 is 0 Å². The van der Waals surface area contributed by atoms with E-state index >= 15 is 0 Å². The molecule has 7 heteroatoms. The topological polar surface area (TPSA) is 43.9 Å². The van der Waals surface area contributed by atoms with Crippen LogP contribution in [-0.4, -0.2) is 42.2 Å². The van der Waals surface area contributed by atoms with E-state index in [1.165, 1.54) is 17.3 Å². The van der Waals surface area contributed by atoms with Crippen LogP contribution in [0.5, 0.6) is 0 Å². The number of hydrogen-bond donors (Lipinski definition) is 0. The second-order valence-corrected chi connectivity index (χ2v) is 10.6. The zero-order chi connectivity index (χ0) is 23.3. The van der Waals surface area contributed by atoms with Gasteiger partial charge in [-0.05, 0) is 48.2 Å². The molecule has 0 radical (unpaired) electrons. The first-order chi connectivity index (χ1) is 16.6. The number of nitrogens with zero attached hydrogens (tertiary/aromatic N) is 3. The number of anilines is 2. The second kappa shape index (κ2) is 8.45. The molecule has 3 aliphatic rings. The van der Waals surface area contributed by atoms with Crippen molar-refractivity contribution in [2.45, 2.75) is 17.2 Å². The van der Waals surface area contributed by atoms with Gasteiger partial charge in [0.05, 0.1) is 18.1 Å². The second-order valence-electron chi connectivity index (χ2n) is 9.00. The van der Waals surface area contributed by atoms with Crippen molar-refractivity contribution >= 4 is 46.6 Å². The van der Waals surface area contributed by atoms with Gasteiger partial charge in [0.15, 0.2) is 0 Å². The number of halogens is 1. The lowest BCUT2D eigenvalue weighted by Gasteiger charge is -2.33. The number of rotatable bonds is 4. The minimum absolute atomic E-state index is 0.0531. The van der Waals surface area contributed by atoms with Crippen molar-refractivity contribution in [3.63, 3.8) is 0 Å². The number of para-hydroxylation sites is 1. The van der Waals surface area contributed by atoms with Crippen LogP contribution in [-0.2, 0) is 14.5 Å². The van der Waals surface area contributed by atoms with Crippen molar-refractivity contribution in [1.29, 1.82) is 0 Å². The number of carbonyl (C=O) groups excluding carboxylic acids is 2. The third-order valence-corrected chi connectivity index (χ3v) is 8.67. The van der Waals surface area contributed by atoms with E-state index in [1.807, 2.05) is 47.4 Å². The fourth-order valence-electron chi connectivity index (χ4n) is 5.44. The van der Waals surface area contributed by atoms with Crippen molar-refractivity contribution in [3.8, 4) is 0 Å². The molecule has 0 bridgehead atoms. The molecule has 0 aromatic heterocycles. The molecule has 0 saturated carbocycles. The van der Waals surface area contributed by atoms with Gasteiger partial charge in [-0.2, -0.15) is 0 Å². The zero-order valence-electron chi connectivity index (χ0n) is 18.6. The Morgan fingerprint density at radius 3 is 2.47 bits per heavy atom. The molecule has 1 spiro atoms. The predicted molar refractivity (Wildman–Crippen MR) is 137 cm³/mol. The number of carbonyl (C=O) groups is 2. The van der Waals surface area contributed by atoms with Crippen LogP contribution in [0.1, 0.15) is 23.5 Å². The van der Waals surface area contributed by atoms with Crippen LogP contribution in [0.2, 0.25) is 5.02 Å². The standard InChI is InChI=1S/C27H24ClN3O2S/c28-21-10-12-22(13-11-21)31-25(32)17-34-27(31)23-8-4-5-9-24(23)30(26(27)33)18-29-15-14-20(16-29)19-6-2-1-3-7-19/h1-13,20H,14-18H2/t20-,27+/m1/s1. The summed E-state index contributed by atoms with van der Waals surface area (Å²) in [5.41, 5.74) is 3.80. The lowest BCUT2D eigenvalue weighted by Crippen LogP contribution is -2.51. The summed E-state index contributed by atoms with van der Waals surface area (Å²) in [4.78, 5) is 32.1. The Kier molecular flexibility index (Phi) is 5.40. The Labute approximate surface area is 208 Å². The first-order valence-electron chi connectivity index (χ1n) is 11.5. The van der Waals surface area contributed by atoms with Gasteiger partial charge in [-0.1, -0.05) is 60.1 Å². The molecule has 172 valence electrons. The van der Waals surface area contributed by atoms with Crippen molar-refractivity contribution in [1.82, 2.24) is 4.90 Å². The summed E-state index contributed by atoms with van der Waals surface area (Å²) in [6.45, 7) is 2.37. The zero-order valence-corrected chi connectivity index (χ0v) is 20.1. The first-order valence-corrected chi connectivity index (χ1v) is 12.9. The fraction of sp³-hybridized carbons (Fsp3) is 0.259. The Hall–Kier alpha value is -2.80. The molecule has 0 N–H and O–H groups in total. The molecule has 2 atom stereocenters. The molecule has 2 amide bonds. The molecular formula is C27H24ClN3O2S. The minimum atomic E-state index is -1.08. The van der Waals surface area contributed by atoms with Crippen molar-refractivity contribution < 1.29 is 9.59 Å². The quantitative estimate of drug-likeness (QED) is 0.513. The van der Waals surface area contributed by atoms with Gasteiger partial charge in [0.2, 0.25) is 10.8 Å². The third-order valence-electron chi connectivity index (χ3n) is 7.03. The van der Waals surface area contributed by atoms with Crippen molar-refractivity contribution in [3.05, 3.63) is 95.0 Å². The molecule has 34 heavy (non-hydrogen) atoms. The molecule has 2 saturated heterocycles. The normalized spacial score (nSPS) is 24.4. The van der Waals surface area contributed by atoms with Gasteiger partial charge in [-0.3, -0.25) is 24.3 Å². The molecular weight excluding hydrogens is 466 g/mol. The molecule has 3 heterocycles. The van der Waals surface area contributed by atoms with Gasteiger partial charge in [-0.15, -0.1) is 11.8 Å². The molecule has 6 rings (SSSR count). The highest BCUT2D eigenvalue weighted by atomic mass is 35.5. The van der Waals surface area contributed by atoms with Gasteiger partial charge >= 0.3 is 0 Å². The van der Waals surface area contributed by atoms with Gasteiger partial charge in [0, 0.05) is 29.4 Å². The highest BCUT2D eigenvalue weighted by Gasteiger charge is 2.61. The largest absolute Gasteiger partial charge is 0.295 e. The Balaban J connectivity index is 1.33. The average molecular weight is 490 g/mol. The molecule has 3 aromatic rings. The van der Waals surface area contributed by atoms with E-state index in [4.69, 9.17) is 11.6 Å². The Bertz CT molecular complexity index is 1250. The molecule has 2 fully saturated rings. The van der Waals surface area contributed by atoms with Crippen LogP contribution in [0.3, 0.4) is 0 Å². The number of amides is 2. The van der Waals surface area contributed by atoms with Crippen molar-refractivity contribution in [2.24, 2.45) is 0 Å². The summed E-state index contributed by atoms with van der Waals surface area (Å²) in [5.74, 6) is 0.609. The van der Waals surface area contributed by atoms with E-state index in [0.717, 1.165) is 30.8 Å². The molecule has 5 nitrogen and oxygen atoms in total. The molecule has 0 unspecified atom stereocenters. The average Bonchev–Trinajstić information content (AvgIpc) is 3.54. The van der Waals surface area contributed by atoms with E-state index in [2.05, 4.69) is 29.2 Å². The van der Waals surface area contributed by atoms with E-state index in [9.17, 15) is 9.59 Å². The van der Waals surface area contributed by atoms with Crippen LogP contribution >= 0.6 is 23.4 Å². The minimum Gasteiger partial charge on any atom is -0.295 e. The van der Waals surface area contributed by atoms with Gasteiger partial charge in [-0.25, -0.2) is 0 Å². The van der Waals surface area contributed by atoms with Crippen LogP contribution in [0.15, 0.2) is 78.9 Å². The third kappa shape index (κ3) is 3.35. The Morgan fingerprint density at radius 1 is 0.941 bits per heavy atom. The van der Waals surface area contributed by atoms with E-state index in [0.29, 0.717) is 23.3 Å². The lowest BCUT2D eigenvalue weighted by molar-refractivity contribution is -0.123. The maximum absolute atomic E-state index is 14.2. The van der Waals surface area contributed by atoms with E-state index in [1.54, 1.807) is 17.0 Å². The SMILES string of the molecule is O=C1CS[C@@]2(C(=O)N(CN3CC[C@@H](c4ccccc4)C3)c3ccccc32)N1c1ccc(Cl)cc1. The summed E-state index contributed by atoms with van der Waals surface area (Å²) >= 11 is 7.51. The molecule has 3 aromatic carbocycles. The smallest absolute Gasteiger partial charge is 0.269 e. The highest BCUT2D eigenvalue weighted by Crippen LogP contribution is 2.55. The number of thioether (sulfide) groups is 1. The Morgan fingerprint density at radius 2 is 1.68 bits per heavy atom. The van der Waals surface area contributed by atoms with Crippen molar-refractivity contribution in [2.75, 3.05) is 35.3 Å². The maximum atomic E-state index is 14.2. The summed E-state index contributed by atoms with van der Waals surface area (Å²) in [5, 5.41) is 0.596. The molecule has 3 aliphatic heterocycles. The summed E-state index contributed by atoms with van der Waals surface area (Å²) in [6, 6.07) is 25.6. The van der Waals surface area contributed by atoms with E-state index < -0.39 is 4.87 Å². The lowest BCUT2D eigenvalue weighted by atomic mass is 9.99. The monoisotopic (exact) mass is 489 g/mol. The fourth-order valence-corrected chi connectivity index (χ4v) is 6.93. The highest BCUT2D eigenvalue weighted by molar-refractivity contribution is 8.02. The summed E-state index contributed by atoms with van der Waals surface area (Å²) in [7, 11) is 0. The first kappa shape index (κ1) is 21.7. The van der Waals surface area contributed by atoms with Crippen LogP contribution in [0.25, 0.3) is 0 Å². The summed E-state index contributed by atoms with van der Waals surface area (Å²) < 4.78 is 0. The number of benzene rings is 3. The summed E-state index contributed by atoms with van der Waals surface area (Å²) in [6.07, 6.45) is 1.07. The predicted octanol–water partition coefficient (Wildman–Crippen LogP) is 5.07. The van der Waals surface area contributed by atoms with Crippen LogP contribution in [0, 0.1) is 0 Å². The number of fused-ring (bicyclic) bond motifs is 2.